The van der Waals surface area contributed by atoms with Gasteiger partial charge in [0, 0.05) is 18.5 Å². The normalized spacial score (nSPS) is 27.3. The van der Waals surface area contributed by atoms with Crippen LogP contribution in [0.15, 0.2) is 24.3 Å². The van der Waals surface area contributed by atoms with Crippen molar-refractivity contribution in [3.63, 3.8) is 0 Å². The third-order valence-corrected chi connectivity index (χ3v) is 4.61. The van der Waals surface area contributed by atoms with E-state index in [1.165, 1.54) is 0 Å². The number of ether oxygens (including phenoxy) is 3. The Morgan fingerprint density at radius 1 is 1.28 bits per heavy atom. The van der Waals surface area contributed by atoms with Crippen LogP contribution in [0.5, 0.6) is 11.5 Å². The topological polar surface area (TPSA) is 30.9 Å². The molecule has 0 spiro atoms. The molecule has 140 valence electrons. The van der Waals surface area contributed by atoms with Crippen LogP contribution in [0.4, 0.5) is 13.2 Å². The highest BCUT2D eigenvalue weighted by Crippen LogP contribution is 2.33. The second-order valence-corrected chi connectivity index (χ2v) is 7.25. The van der Waals surface area contributed by atoms with Gasteiger partial charge >= 0.3 is 6.18 Å². The molecule has 2 atom stereocenters. The molecule has 2 aliphatic heterocycles. The van der Waals surface area contributed by atoms with Crippen LogP contribution in [0.3, 0.4) is 0 Å². The Morgan fingerprint density at radius 3 is 2.80 bits per heavy atom. The predicted octanol–water partition coefficient (Wildman–Crippen LogP) is 3.51. The van der Waals surface area contributed by atoms with Crippen molar-refractivity contribution >= 4 is 0 Å². The van der Waals surface area contributed by atoms with E-state index in [0.717, 1.165) is 30.9 Å². The minimum Gasteiger partial charge on any atom is -0.486 e. The molecule has 1 aromatic carbocycles. The Bertz CT molecular complexity index is 581. The predicted molar refractivity (Wildman–Crippen MR) is 87.0 cm³/mol. The van der Waals surface area contributed by atoms with E-state index in [0.29, 0.717) is 19.7 Å². The molecule has 1 fully saturated rings. The Hall–Kier alpha value is -1.47. The smallest absolute Gasteiger partial charge is 0.411 e. The lowest BCUT2D eigenvalue weighted by Crippen LogP contribution is -2.49. The average molecular weight is 359 g/mol. The summed E-state index contributed by atoms with van der Waals surface area (Å²) < 4.78 is 53.5. The second kappa shape index (κ2) is 7.41. The van der Waals surface area contributed by atoms with Crippen molar-refractivity contribution in [1.82, 2.24) is 4.90 Å². The van der Waals surface area contributed by atoms with Crippen molar-refractivity contribution in [3.8, 4) is 11.5 Å². The summed E-state index contributed by atoms with van der Waals surface area (Å²) in [6, 6.07) is 7.56. The Morgan fingerprint density at radius 2 is 2.04 bits per heavy atom. The Labute approximate surface area is 145 Å². The molecule has 0 bridgehead atoms. The number of hydrogen-bond donors (Lipinski definition) is 0. The quantitative estimate of drug-likeness (QED) is 0.805. The number of nitrogens with zero attached hydrogens (tertiary/aromatic N) is 1. The van der Waals surface area contributed by atoms with Gasteiger partial charge in [-0.05, 0) is 31.5 Å². The van der Waals surface area contributed by atoms with Crippen molar-refractivity contribution in [3.05, 3.63) is 24.3 Å². The lowest BCUT2D eigenvalue weighted by atomic mass is 9.82. The van der Waals surface area contributed by atoms with Gasteiger partial charge in [0.2, 0.25) is 0 Å². The molecule has 0 aromatic heterocycles. The van der Waals surface area contributed by atoms with Gasteiger partial charge in [-0.2, -0.15) is 13.2 Å². The summed E-state index contributed by atoms with van der Waals surface area (Å²) in [5.41, 5.74) is -0.267. The summed E-state index contributed by atoms with van der Waals surface area (Å²) in [7, 11) is 0. The zero-order valence-electron chi connectivity index (χ0n) is 14.3. The Balaban J connectivity index is 1.50. The number of rotatable bonds is 5. The van der Waals surface area contributed by atoms with E-state index in [2.05, 4.69) is 4.90 Å². The molecule has 0 saturated carbocycles. The number of likely N-dealkylation sites (tertiary alicyclic amines) is 1. The minimum absolute atomic E-state index is 0.0756. The Kier molecular flexibility index (Phi) is 5.43. The first-order valence-electron chi connectivity index (χ1n) is 8.58. The summed E-state index contributed by atoms with van der Waals surface area (Å²) in [4.78, 5) is 2.24. The third kappa shape index (κ3) is 5.25. The van der Waals surface area contributed by atoms with Gasteiger partial charge in [0.15, 0.2) is 11.5 Å². The molecule has 2 aliphatic rings. The third-order valence-electron chi connectivity index (χ3n) is 4.61. The molecule has 1 saturated heterocycles. The van der Waals surface area contributed by atoms with Crippen molar-refractivity contribution in [2.24, 2.45) is 5.41 Å². The molecule has 25 heavy (non-hydrogen) atoms. The van der Waals surface area contributed by atoms with Gasteiger partial charge in [-0.15, -0.1) is 0 Å². The second-order valence-electron chi connectivity index (χ2n) is 7.25. The fourth-order valence-corrected chi connectivity index (χ4v) is 3.56. The first kappa shape index (κ1) is 18.3. The molecular formula is C18H24F3NO3. The molecule has 7 heteroatoms. The molecule has 0 radical (unpaired) electrons. The lowest BCUT2D eigenvalue weighted by molar-refractivity contribution is -0.182. The van der Waals surface area contributed by atoms with E-state index >= 15 is 0 Å². The number of halogens is 3. The van der Waals surface area contributed by atoms with E-state index in [9.17, 15) is 13.2 Å². The zero-order chi connectivity index (χ0) is 17.9. The number of fused-ring (bicyclic) bond motifs is 1. The van der Waals surface area contributed by atoms with Crippen molar-refractivity contribution in [2.45, 2.75) is 32.0 Å². The number of hydrogen-bond acceptors (Lipinski definition) is 4. The maximum atomic E-state index is 12.3. The monoisotopic (exact) mass is 359 g/mol. The highest BCUT2D eigenvalue weighted by Gasteiger charge is 2.35. The lowest BCUT2D eigenvalue weighted by Gasteiger charge is -2.41. The van der Waals surface area contributed by atoms with Crippen LogP contribution in [-0.2, 0) is 4.74 Å². The van der Waals surface area contributed by atoms with Crippen molar-refractivity contribution in [1.29, 1.82) is 0 Å². The van der Waals surface area contributed by atoms with Gasteiger partial charge in [0.1, 0.15) is 19.3 Å². The molecule has 0 aliphatic carbocycles. The van der Waals surface area contributed by atoms with Crippen molar-refractivity contribution in [2.75, 3.05) is 39.5 Å². The SMILES string of the molecule is C[C@]1(COCC(F)(F)F)CCCN(C[C@H]2COc3ccccc3O2)C1. The first-order valence-corrected chi connectivity index (χ1v) is 8.58. The number of piperidine rings is 1. The molecule has 0 amide bonds. The summed E-state index contributed by atoms with van der Waals surface area (Å²) in [5.74, 6) is 1.50. The van der Waals surface area contributed by atoms with E-state index in [1.54, 1.807) is 0 Å². The van der Waals surface area contributed by atoms with Gasteiger partial charge in [0.25, 0.3) is 0 Å². The maximum Gasteiger partial charge on any atom is 0.411 e. The van der Waals surface area contributed by atoms with E-state index in [4.69, 9.17) is 14.2 Å². The zero-order valence-corrected chi connectivity index (χ0v) is 14.3. The van der Waals surface area contributed by atoms with Crippen LogP contribution in [0.25, 0.3) is 0 Å². The van der Waals surface area contributed by atoms with Crippen LogP contribution < -0.4 is 9.47 Å². The standard InChI is InChI=1S/C18H24F3NO3/c1-17(12-23-13-18(19,20)21)7-4-8-22(11-17)9-14-10-24-15-5-2-3-6-16(15)25-14/h2-3,5-6,14H,4,7-13H2,1H3/t14-,17-/m0/s1. The summed E-state index contributed by atoms with van der Waals surface area (Å²) in [6.45, 7) is 3.72. The summed E-state index contributed by atoms with van der Waals surface area (Å²) >= 11 is 0. The number of para-hydroxylation sites is 2. The van der Waals surface area contributed by atoms with Crippen molar-refractivity contribution < 1.29 is 27.4 Å². The van der Waals surface area contributed by atoms with Gasteiger partial charge < -0.3 is 14.2 Å². The molecular weight excluding hydrogens is 335 g/mol. The van der Waals surface area contributed by atoms with Gasteiger partial charge in [-0.25, -0.2) is 0 Å². The summed E-state index contributed by atoms with van der Waals surface area (Å²) in [5, 5.41) is 0. The number of alkyl halides is 3. The molecule has 0 unspecified atom stereocenters. The number of benzene rings is 1. The van der Waals surface area contributed by atoms with Crippen LogP contribution in [0.2, 0.25) is 0 Å². The van der Waals surface area contributed by atoms with E-state index in [1.807, 2.05) is 31.2 Å². The molecule has 4 nitrogen and oxygen atoms in total. The molecule has 3 rings (SSSR count). The highest BCUT2D eigenvalue weighted by molar-refractivity contribution is 5.40. The largest absolute Gasteiger partial charge is 0.486 e. The van der Waals surface area contributed by atoms with E-state index < -0.39 is 12.8 Å². The van der Waals surface area contributed by atoms with E-state index in [-0.39, 0.29) is 18.1 Å². The van der Waals surface area contributed by atoms with Crippen LogP contribution in [-0.4, -0.2) is 56.6 Å². The molecule has 1 aromatic rings. The van der Waals surface area contributed by atoms with Gasteiger partial charge in [-0.1, -0.05) is 19.1 Å². The van der Waals surface area contributed by atoms with Crippen LogP contribution in [0.1, 0.15) is 19.8 Å². The van der Waals surface area contributed by atoms with Crippen LogP contribution in [0, 0.1) is 5.41 Å². The molecule has 2 heterocycles. The van der Waals surface area contributed by atoms with Crippen LogP contribution >= 0.6 is 0 Å². The maximum absolute atomic E-state index is 12.3. The molecule has 0 N–H and O–H groups in total. The highest BCUT2D eigenvalue weighted by atomic mass is 19.4. The first-order chi connectivity index (χ1) is 11.8. The van der Waals surface area contributed by atoms with Gasteiger partial charge in [-0.3, -0.25) is 4.90 Å². The fraction of sp³-hybridized carbons (Fsp3) is 0.667. The average Bonchev–Trinajstić information content (AvgIpc) is 2.53. The minimum atomic E-state index is -4.27. The summed E-state index contributed by atoms with van der Waals surface area (Å²) in [6.07, 6.45) is -2.54. The fourth-order valence-electron chi connectivity index (χ4n) is 3.56. The van der Waals surface area contributed by atoms with Gasteiger partial charge in [0.05, 0.1) is 6.61 Å².